The van der Waals surface area contributed by atoms with Gasteiger partial charge in [0.15, 0.2) is 0 Å². The lowest BCUT2D eigenvalue weighted by atomic mass is 9.94. The first kappa shape index (κ1) is 19.0. The van der Waals surface area contributed by atoms with E-state index in [1.165, 1.54) is 17.5 Å². The molecule has 2 aromatic carbocycles. The van der Waals surface area contributed by atoms with Gasteiger partial charge in [-0.1, -0.05) is 60.5 Å². The quantitative estimate of drug-likeness (QED) is 0.585. The normalized spacial score (nSPS) is 17.7. The molecule has 2 aromatic rings. The highest BCUT2D eigenvalue weighted by molar-refractivity contribution is 6.30. The van der Waals surface area contributed by atoms with Crippen LogP contribution in [-0.4, -0.2) is 23.9 Å². The first-order valence-corrected chi connectivity index (χ1v) is 10.2. The van der Waals surface area contributed by atoms with Gasteiger partial charge in [0.05, 0.1) is 0 Å². The fourth-order valence-corrected chi connectivity index (χ4v) is 3.91. The van der Waals surface area contributed by atoms with Crippen LogP contribution in [0.5, 0.6) is 0 Å². The molecule has 1 unspecified atom stereocenters. The van der Waals surface area contributed by atoms with E-state index in [4.69, 9.17) is 11.6 Å². The van der Waals surface area contributed by atoms with Gasteiger partial charge in [-0.3, -0.25) is 4.79 Å². The van der Waals surface area contributed by atoms with Gasteiger partial charge in [0.25, 0.3) is 0 Å². The molecule has 1 aliphatic heterocycles. The zero-order valence-corrected chi connectivity index (χ0v) is 16.1. The third-order valence-corrected chi connectivity index (χ3v) is 5.57. The van der Waals surface area contributed by atoms with Crippen molar-refractivity contribution in [3.8, 4) is 0 Å². The topological polar surface area (TPSA) is 20.3 Å². The minimum atomic E-state index is 0.318. The first-order valence-electron chi connectivity index (χ1n) is 9.79. The van der Waals surface area contributed by atoms with Crippen molar-refractivity contribution in [3.05, 3.63) is 70.7 Å². The molecule has 0 aromatic heterocycles. The van der Waals surface area contributed by atoms with Gasteiger partial charge in [0, 0.05) is 30.5 Å². The molecule has 0 aliphatic carbocycles. The number of rotatable bonds is 6. The third kappa shape index (κ3) is 5.60. The summed E-state index contributed by atoms with van der Waals surface area (Å²) >= 11 is 6.01. The van der Waals surface area contributed by atoms with Crippen LogP contribution in [0.2, 0.25) is 5.02 Å². The summed E-state index contributed by atoms with van der Waals surface area (Å²) in [5, 5.41) is 0.772. The molecule has 2 nitrogen and oxygen atoms in total. The molecule has 1 saturated heterocycles. The Balaban J connectivity index is 1.48. The van der Waals surface area contributed by atoms with E-state index in [0.717, 1.165) is 50.2 Å². The lowest BCUT2D eigenvalue weighted by molar-refractivity contribution is -0.131. The number of hydrogen-bond donors (Lipinski definition) is 0. The second kappa shape index (κ2) is 9.78. The van der Waals surface area contributed by atoms with Crippen molar-refractivity contribution < 1.29 is 4.79 Å². The number of unbranched alkanes of at least 4 members (excludes halogenated alkanes) is 1. The van der Waals surface area contributed by atoms with Crippen molar-refractivity contribution in [2.24, 2.45) is 0 Å². The van der Waals surface area contributed by atoms with Crippen LogP contribution < -0.4 is 0 Å². The van der Waals surface area contributed by atoms with E-state index in [-0.39, 0.29) is 0 Å². The lowest BCUT2D eigenvalue weighted by Crippen LogP contribution is -2.33. The zero-order chi connectivity index (χ0) is 18.2. The lowest BCUT2D eigenvalue weighted by Gasteiger charge is -2.25. The standard InChI is InChI=1S/C23H28ClNO/c24-22-15-13-20(14-16-22)21-11-6-7-17-25(18-21)23(26)12-5-4-10-19-8-2-1-3-9-19/h1-3,8-9,13-16,21H,4-7,10-12,17-18H2. The largest absolute Gasteiger partial charge is 0.342 e. The molecule has 1 heterocycles. The molecule has 0 N–H and O–H groups in total. The second-order valence-electron chi connectivity index (χ2n) is 7.28. The Labute approximate surface area is 162 Å². The Kier molecular flexibility index (Phi) is 7.13. The molecule has 26 heavy (non-hydrogen) atoms. The van der Waals surface area contributed by atoms with E-state index in [2.05, 4.69) is 41.3 Å². The average Bonchev–Trinajstić information content (AvgIpc) is 2.93. The molecule has 1 aliphatic rings. The van der Waals surface area contributed by atoms with Gasteiger partial charge < -0.3 is 4.90 Å². The van der Waals surface area contributed by atoms with Gasteiger partial charge in [-0.25, -0.2) is 0 Å². The summed E-state index contributed by atoms with van der Waals surface area (Å²) in [7, 11) is 0. The molecular weight excluding hydrogens is 342 g/mol. The first-order chi connectivity index (χ1) is 12.7. The van der Waals surface area contributed by atoms with Crippen molar-refractivity contribution in [3.63, 3.8) is 0 Å². The molecule has 0 saturated carbocycles. The number of benzene rings is 2. The second-order valence-corrected chi connectivity index (χ2v) is 7.71. The summed E-state index contributed by atoms with van der Waals surface area (Å²) in [5.41, 5.74) is 2.66. The van der Waals surface area contributed by atoms with Crippen molar-refractivity contribution >= 4 is 17.5 Å². The summed E-state index contributed by atoms with van der Waals surface area (Å²) in [5.74, 6) is 0.752. The molecule has 0 radical (unpaired) electrons. The predicted octanol–water partition coefficient (Wildman–Crippen LogP) is 5.85. The summed E-state index contributed by atoms with van der Waals surface area (Å²) in [6.45, 7) is 1.75. The molecule has 138 valence electrons. The van der Waals surface area contributed by atoms with Crippen LogP contribution >= 0.6 is 11.6 Å². The molecule has 1 fully saturated rings. The number of nitrogens with zero attached hydrogens (tertiary/aromatic N) is 1. The number of hydrogen-bond acceptors (Lipinski definition) is 1. The van der Waals surface area contributed by atoms with Gasteiger partial charge >= 0.3 is 0 Å². The van der Waals surface area contributed by atoms with Crippen molar-refractivity contribution in [1.82, 2.24) is 4.90 Å². The van der Waals surface area contributed by atoms with E-state index < -0.39 is 0 Å². The molecule has 0 spiro atoms. The van der Waals surface area contributed by atoms with Crippen molar-refractivity contribution in [2.75, 3.05) is 13.1 Å². The van der Waals surface area contributed by atoms with E-state index >= 15 is 0 Å². The van der Waals surface area contributed by atoms with E-state index in [9.17, 15) is 4.79 Å². The number of aryl methyl sites for hydroxylation is 1. The van der Waals surface area contributed by atoms with Gasteiger partial charge in [-0.05, 0) is 55.4 Å². The zero-order valence-electron chi connectivity index (χ0n) is 15.4. The molecule has 1 amide bonds. The number of amides is 1. The monoisotopic (exact) mass is 369 g/mol. The van der Waals surface area contributed by atoms with Crippen molar-refractivity contribution in [1.29, 1.82) is 0 Å². The number of halogens is 1. The molecule has 3 heteroatoms. The number of carbonyl (C=O) groups is 1. The van der Waals surface area contributed by atoms with Crippen LogP contribution in [0, 0.1) is 0 Å². The van der Waals surface area contributed by atoms with Gasteiger partial charge in [-0.15, -0.1) is 0 Å². The summed E-state index contributed by atoms with van der Waals surface area (Å²) < 4.78 is 0. The summed E-state index contributed by atoms with van der Waals surface area (Å²) in [6, 6.07) is 18.7. The Morgan fingerprint density at radius 3 is 2.54 bits per heavy atom. The van der Waals surface area contributed by atoms with Crippen LogP contribution in [0.1, 0.15) is 55.6 Å². The van der Waals surface area contributed by atoms with Gasteiger partial charge in [0.1, 0.15) is 0 Å². The maximum absolute atomic E-state index is 12.7. The Hall–Kier alpha value is -1.80. The maximum atomic E-state index is 12.7. The van der Waals surface area contributed by atoms with Crippen LogP contribution in [0.25, 0.3) is 0 Å². The van der Waals surface area contributed by atoms with E-state index in [1.54, 1.807) is 0 Å². The predicted molar refractivity (Wildman–Crippen MR) is 109 cm³/mol. The molecule has 3 rings (SSSR count). The fraction of sp³-hybridized carbons (Fsp3) is 0.435. The van der Waals surface area contributed by atoms with Gasteiger partial charge in [0.2, 0.25) is 5.91 Å². The Bertz CT molecular complexity index is 683. The minimum absolute atomic E-state index is 0.318. The maximum Gasteiger partial charge on any atom is 0.222 e. The summed E-state index contributed by atoms with van der Waals surface area (Å²) in [6.07, 6.45) is 7.21. The number of likely N-dealkylation sites (tertiary alicyclic amines) is 1. The highest BCUT2D eigenvalue weighted by atomic mass is 35.5. The van der Waals surface area contributed by atoms with Crippen molar-refractivity contribution in [2.45, 2.75) is 50.9 Å². The van der Waals surface area contributed by atoms with Crippen LogP contribution in [-0.2, 0) is 11.2 Å². The van der Waals surface area contributed by atoms with E-state index in [1.807, 2.05) is 18.2 Å². The minimum Gasteiger partial charge on any atom is -0.342 e. The SMILES string of the molecule is O=C(CCCCc1ccccc1)N1CCCCC(c2ccc(Cl)cc2)C1. The molecule has 1 atom stereocenters. The third-order valence-electron chi connectivity index (χ3n) is 5.31. The van der Waals surface area contributed by atoms with Gasteiger partial charge in [-0.2, -0.15) is 0 Å². The van der Waals surface area contributed by atoms with Crippen LogP contribution in [0.15, 0.2) is 54.6 Å². The Morgan fingerprint density at radius 1 is 1.00 bits per heavy atom. The average molecular weight is 370 g/mol. The van der Waals surface area contributed by atoms with Crippen LogP contribution in [0.4, 0.5) is 0 Å². The van der Waals surface area contributed by atoms with E-state index in [0.29, 0.717) is 18.2 Å². The summed E-state index contributed by atoms with van der Waals surface area (Å²) in [4.78, 5) is 14.8. The van der Waals surface area contributed by atoms with Crippen LogP contribution in [0.3, 0.4) is 0 Å². The molecular formula is C23H28ClNO. The molecule has 0 bridgehead atoms. The fourth-order valence-electron chi connectivity index (χ4n) is 3.78. The highest BCUT2D eigenvalue weighted by Crippen LogP contribution is 2.28. The Morgan fingerprint density at radius 2 is 1.77 bits per heavy atom. The number of carbonyl (C=O) groups excluding carboxylic acids is 1. The highest BCUT2D eigenvalue weighted by Gasteiger charge is 2.22. The smallest absolute Gasteiger partial charge is 0.222 e.